The number of carbonyl (C=O) groups is 4. The molecule has 4 aliphatic rings. The lowest BCUT2D eigenvalue weighted by Gasteiger charge is -2.33. The number of carboxylic acids is 2. The monoisotopic (exact) mass is 1140 g/mol. The summed E-state index contributed by atoms with van der Waals surface area (Å²) in [5, 5.41) is 19.6. The van der Waals surface area contributed by atoms with Gasteiger partial charge in [0.05, 0.1) is 60.5 Å². The highest BCUT2D eigenvalue weighted by Gasteiger charge is 2.50. The molecule has 0 saturated carbocycles. The highest BCUT2D eigenvalue weighted by molar-refractivity contribution is 7.99. The molecule has 25 heteroatoms. The smallest absolute Gasteiger partial charge is 0.418 e. The van der Waals surface area contributed by atoms with Crippen molar-refractivity contribution in [2.75, 3.05) is 88.6 Å². The Morgan fingerprint density at radius 3 is 1.19 bits per heavy atom. The predicted octanol–water partition coefficient (Wildman–Crippen LogP) is 11.6. The second-order valence-electron chi connectivity index (χ2n) is 19.2. The second-order valence-corrected chi connectivity index (χ2v) is 20.2. The van der Waals surface area contributed by atoms with E-state index in [1.54, 1.807) is 9.80 Å². The Morgan fingerprint density at radius 2 is 0.861 bits per heavy atom. The van der Waals surface area contributed by atoms with Gasteiger partial charge >= 0.3 is 36.6 Å². The van der Waals surface area contributed by atoms with E-state index in [0.29, 0.717) is 49.3 Å². The number of halogens is 12. The standard InChI is InChI=1S/C54H50F12N4O8S/c55-51(56,57)45-37(11-13-43(71)67-17-21-77-22-18-67)39(31-5-1-9-35(25-31)69-15-3-7-33(29-69)49(73)74)27-41(47(45)53(61,62)63)79-42-28-40(32-6-2-10-36(26-32)70-16-4-8-34(30-70)50(75)76)38(12-14-44(72)68-19-23-78-24-20-68)46(52(58,59)60)48(42)54(64,65)66/h1-2,5-6,9-14,25-28,33-34H,3-4,7-8,15-24,29-30H2,(H,73,74)(H,75,76)/b13-11+,14-12+. The van der Waals surface area contributed by atoms with Crippen molar-refractivity contribution >= 4 is 59.0 Å². The maximum atomic E-state index is 15.9. The van der Waals surface area contributed by atoms with Crippen LogP contribution in [0.2, 0.25) is 0 Å². The maximum Gasteiger partial charge on any atom is 0.418 e. The minimum Gasteiger partial charge on any atom is -0.481 e. The van der Waals surface area contributed by atoms with Gasteiger partial charge in [0.25, 0.3) is 0 Å². The predicted molar refractivity (Wildman–Crippen MR) is 266 cm³/mol. The Labute approximate surface area is 448 Å². The highest BCUT2D eigenvalue weighted by atomic mass is 32.2. The fraction of sp³-hybridized carbons (Fsp3) is 0.407. The zero-order valence-corrected chi connectivity index (χ0v) is 42.4. The first-order valence-electron chi connectivity index (χ1n) is 24.8. The first-order valence-corrected chi connectivity index (χ1v) is 25.7. The zero-order chi connectivity index (χ0) is 57.2. The largest absolute Gasteiger partial charge is 0.481 e. The summed E-state index contributed by atoms with van der Waals surface area (Å²) in [5.41, 5.74) is -14.4. The van der Waals surface area contributed by atoms with Crippen molar-refractivity contribution in [1.29, 1.82) is 0 Å². The van der Waals surface area contributed by atoms with Gasteiger partial charge < -0.3 is 39.3 Å². The van der Waals surface area contributed by atoms with Gasteiger partial charge in [-0.25, -0.2) is 0 Å². The number of amides is 2. The molecule has 8 rings (SSSR count). The van der Waals surface area contributed by atoms with Gasteiger partial charge in [-0.05, 0) is 108 Å². The normalized spacial score (nSPS) is 19.1. The number of morpholine rings is 2. The van der Waals surface area contributed by atoms with Crippen molar-refractivity contribution in [3.63, 3.8) is 0 Å². The van der Waals surface area contributed by atoms with E-state index in [-0.39, 0.29) is 114 Å². The summed E-state index contributed by atoms with van der Waals surface area (Å²) < 4.78 is 201. The number of benzene rings is 4. The average Bonchev–Trinajstić information content (AvgIpc) is 3.61. The number of ether oxygens (including phenoxy) is 2. The summed E-state index contributed by atoms with van der Waals surface area (Å²) in [7, 11) is 0. The van der Waals surface area contributed by atoms with Gasteiger partial charge in [-0.1, -0.05) is 36.0 Å². The number of alkyl halides is 12. The minimum atomic E-state index is -6.11. The SMILES string of the molecule is O=C(O)C1CCCN(c2cccc(-c3cc(Sc4cc(-c5cccc(N6CCCC(C(=O)O)C6)c5)c(/C=C/C(=O)N5CCOCC5)c(C(F)(F)F)c4C(F)(F)F)c(C(F)(F)F)c(C(F)(F)F)c3/C=C/C(=O)N3CCOCC3)c2)C1. The lowest BCUT2D eigenvalue weighted by Crippen LogP contribution is -2.39. The summed E-state index contributed by atoms with van der Waals surface area (Å²) in [6, 6.07) is 11.2. The second kappa shape index (κ2) is 23.5. The van der Waals surface area contributed by atoms with Gasteiger partial charge in [-0.15, -0.1) is 0 Å². The number of piperidine rings is 2. The van der Waals surface area contributed by atoms with Crippen LogP contribution >= 0.6 is 11.8 Å². The van der Waals surface area contributed by atoms with Gasteiger partial charge in [0.1, 0.15) is 0 Å². The number of hydrogen-bond donors (Lipinski definition) is 2. The zero-order valence-electron chi connectivity index (χ0n) is 41.6. The summed E-state index contributed by atoms with van der Waals surface area (Å²) in [5.74, 6) is -5.98. The molecule has 0 aliphatic carbocycles. The van der Waals surface area contributed by atoms with E-state index in [1.807, 2.05) is 0 Å². The molecular weight excluding hydrogens is 1090 g/mol. The molecule has 12 nitrogen and oxygen atoms in total. The number of carbonyl (C=O) groups excluding carboxylic acids is 2. The van der Waals surface area contributed by atoms with E-state index in [4.69, 9.17) is 9.47 Å². The van der Waals surface area contributed by atoms with Crippen LogP contribution in [-0.2, 0) is 53.4 Å². The van der Waals surface area contributed by atoms with Crippen LogP contribution in [0.25, 0.3) is 34.4 Å². The fourth-order valence-corrected chi connectivity index (χ4v) is 11.5. The molecular formula is C54H50F12N4O8S. The maximum absolute atomic E-state index is 15.9. The van der Waals surface area contributed by atoms with Crippen molar-refractivity contribution < 1.29 is 91.5 Å². The van der Waals surface area contributed by atoms with E-state index in [0.717, 1.165) is 21.9 Å². The minimum absolute atomic E-state index is 0.0212. The van der Waals surface area contributed by atoms with E-state index in [9.17, 15) is 29.4 Å². The molecule has 4 saturated heterocycles. The molecule has 0 radical (unpaired) electrons. The Kier molecular flexibility index (Phi) is 17.4. The summed E-state index contributed by atoms with van der Waals surface area (Å²) in [6.45, 7) is 0.180. The number of hydrogen-bond acceptors (Lipinski definition) is 9. The van der Waals surface area contributed by atoms with Crippen molar-refractivity contribution in [3.8, 4) is 22.3 Å². The number of nitrogens with zero attached hydrogens (tertiary/aromatic N) is 4. The molecule has 2 N–H and O–H groups in total. The lowest BCUT2D eigenvalue weighted by atomic mass is 9.89. The first-order chi connectivity index (χ1) is 37.2. The molecule has 2 atom stereocenters. The Hall–Kier alpha value is -6.73. The van der Waals surface area contributed by atoms with Crippen LogP contribution in [0.3, 0.4) is 0 Å². The van der Waals surface area contributed by atoms with Crippen molar-refractivity contribution in [2.24, 2.45) is 11.8 Å². The summed E-state index contributed by atoms with van der Waals surface area (Å²) >= 11 is -0.662. The molecule has 0 aromatic heterocycles. The van der Waals surface area contributed by atoms with E-state index >= 15 is 52.7 Å². The Bertz CT molecular complexity index is 2820. The molecule has 0 bridgehead atoms. The molecule has 2 unspecified atom stereocenters. The summed E-state index contributed by atoms with van der Waals surface area (Å²) in [6.07, 6.45) is -20.9. The average molecular weight is 1140 g/mol. The number of aliphatic carboxylic acids is 2. The van der Waals surface area contributed by atoms with Crippen LogP contribution in [-0.4, -0.2) is 123 Å². The molecule has 2 amide bonds. The van der Waals surface area contributed by atoms with Crippen LogP contribution in [0.4, 0.5) is 64.1 Å². The molecule has 4 heterocycles. The van der Waals surface area contributed by atoms with Gasteiger partial charge in [0.2, 0.25) is 11.8 Å². The summed E-state index contributed by atoms with van der Waals surface area (Å²) in [4.78, 5) is 53.0. The van der Waals surface area contributed by atoms with Gasteiger partial charge in [-0.2, -0.15) is 52.7 Å². The van der Waals surface area contributed by atoms with Crippen molar-refractivity contribution in [3.05, 3.63) is 106 Å². The number of anilines is 2. The highest BCUT2D eigenvalue weighted by Crippen LogP contribution is 2.55. The molecule has 4 aromatic carbocycles. The van der Waals surface area contributed by atoms with Gasteiger partial charge in [0, 0.05) is 85.7 Å². The van der Waals surface area contributed by atoms with E-state index < -0.39 is 126 Å². The third kappa shape index (κ3) is 13.5. The van der Waals surface area contributed by atoms with Crippen LogP contribution < -0.4 is 9.80 Å². The first kappa shape index (κ1) is 58.4. The van der Waals surface area contributed by atoms with Crippen LogP contribution in [0.15, 0.2) is 82.6 Å². The van der Waals surface area contributed by atoms with E-state index in [1.165, 1.54) is 36.4 Å². The Balaban J connectivity index is 1.42. The molecule has 424 valence electrons. The number of rotatable bonds is 12. The quantitative estimate of drug-likeness (QED) is 0.103. The molecule has 4 aromatic rings. The third-order valence-electron chi connectivity index (χ3n) is 14.0. The van der Waals surface area contributed by atoms with Crippen LogP contribution in [0, 0.1) is 11.8 Å². The van der Waals surface area contributed by atoms with Gasteiger partial charge in [-0.3, -0.25) is 19.2 Å². The molecule has 4 fully saturated rings. The molecule has 0 spiro atoms. The topological polar surface area (TPSA) is 140 Å². The van der Waals surface area contributed by atoms with Crippen molar-refractivity contribution in [1.82, 2.24) is 9.80 Å². The van der Waals surface area contributed by atoms with E-state index in [2.05, 4.69) is 0 Å². The molecule has 4 aliphatic heterocycles. The van der Waals surface area contributed by atoms with Crippen LogP contribution in [0.5, 0.6) is 0 Å². The molecule has 79 heavy (non-hydrogen) atoms. The lowest BCUT2D eigenvalue weighted by molar-refractivity contribution is -0.164. The van der Waals surface area contributed by atoms with Crippen LogP contribution in [0.1, 0.15) is 59.1 Å². The van der Waals surface area contributed by atoms with Crippen molar-refractivity contribution in [2.45, 2.75) is 60.2 Å². The van der Waals surface area contributed by atoms with Gasteiger partial charge in [0.15, 0.2) is 0 Å². The Morgan fingerprint density at radius 1 is 0.506 bits per heavy atom. The third-order valence-corrected chi connectivity index (χ3v) is 15.1. The fourth-order valence-electron chi connectivity index (χ4n) is 10.3. The number of carboxylic acid groups (broad SMARTS) is 2.